The Morgan fingerprint density at radius 1 is 1.79 bits per heavy atom. The van der Waals surface area contributed by atoms with E-state index >= 15 is 0 Å². The quantitative estimate of drug-likeness (QED) is 0.902. The molecule has 0 radical (unpaired) electrons. The number of thiophene rings is 1. The Labute approximate surface area is 95.8 Å². The fraction of sp³-hybridized carbons (Fsp3) is 0.500. The first-order valence-electron chi connectivity index (χ1n) is 4.68. The molecule has 2 atom stereocenters. The molecule has 2 nitrogen and oxygen atoms in total. The number of hydrogen-bond donors (Lipinski definition) is 1. The lowest BCUT2D eigenvalue weighted by Gasteiger charge is -2.02. The topological polar surface area (TPSA) is 29.1 Å². The van der Waals surface area contributed by atoms with E-state index in [0.29, 0.717) is 12.5 Å². The molecule has 1 saturated carbocycles. The van der Waals surface area contributed by atoms with Gasteiger partial charge < -0.3 is 5.32 Å². The third kappa shape index (κ3) is 2.17. The van der Waals surface area contributed by atoms with Crippen molar-refractivity contribution in [2.45, 2.75) is 19.9 Å². The Hall–Kier alpha value is -0.350. The first kappa shape index (κ1) is 10.2. The van der Waals surface area contributed by atoms with E-state index < -0.39 is 0 Å². The van der Waals surface area contributed by atoms with Gasteiger partial charge >= 0.3 is 0 Å². The largest absolute Gasteiger partial charge is 0.351 e. The summed E-state index contributed by atoms with van der Waals surface area (Å²) in [7, 11) is 0. The molecule has 0 bridgehead atoms. The van der Waals surface area contributed by atoms with Crippen molar-refractivity contribution in [2.24, 2.45) is 11.8 Å². The Morgan fingerprint density at radius 2 is 2.50 bits per heavy atom. The van der Waals surface area contributed by atoms with Crippen molar-refractivity contribution < 1.29 is 4.79 Å². The van der Waals surface area contributed by atoms with Crippen molar-refractivity contribution in [3.63, 3.8) is 0 Å². The molecule has 4 heteroatoms. The lowest BCUT2D eigenvalue weighted by Crippen LogP contribution is -2.24. The number of amides is 1. The van der Waals surface area contributed by atoms with Gasteiger partial charge in [0, 0.05) is 15.3 Å². The van der Waals surface area contributed by atoms with Crippen molar-refractivity contribution in [1.82, 2.24) is 5.32 Å². The predicted molar refractivity (Wildman–Crippen MR) is 61.1 cm³/mol. The van der Waals surface area contributed by atoms with Crippen LogP contribution >= 0.6 is 27.3 Å². The van der Waals surface area contributed by atoms with Crippen molar-refractivity contribution in [1.29, 1.82) is 0 Å². The zero-order valence-corrected chi connectivity index (χ0v) is 10.3. The molecule has 0 aliphatic heterocycles. The molecule has 1 aliphatic rings. The molecule has 1 aliphatic carbocycles. The number of carbonyl (C=O) groups excluding carboxylic acids is 1. The van der Waals surface area contributed by atoms with E-state index in [1.54, 1.807) is 11.3 Å². The van der Waals surface area contributed by atoms with Crippen LogP contribution in [0.3, 0.4) is 0 Å². The van der Waals surface area contributed by atoms with E-state index in [0.717, 1.165) is 10.9 Å². The molecule has 76 valence electrons. The second-order valence-electron chi connectivity index (χ2n) is 3.73. The molecule has 0 saturated heterocycles. The van der Waals surface area contributed by atoms with E-state index in [9.17, 15) is 4.79 Å². The molecule has 0 unspecified atom stereocenters. The van der Waals surface area contributed by atoms with Crippen LogP contribution in [0.25, 0.3) is 0 Å². The van der Waals surface area contributed by atoms with Gasteiger partial charge in [0.25, 0.3) is 0 Å². The van der Waals surface area contributed by atoms with Gasteiger partial charge in [0.2, 0.25) is 5.91 Å². The Bertz CT molecular complexity index is 350. The zero-order chi connectivity index (χ0) is 10.1. The molecule has 0 aromatic carbocycles. The van der Waals surface area contributed by atoms with Crippen LogP contribution in [0.5, 0.6) is 0 Å². The first-order chi connectivity index (χ1) is 6.68. The highest BCUT2D eigenvalue weighted by Crippen LogP contribution is 2.37. The molecule has 1 fully saturated rings. The highest BCUT2D eigenvalue weighted by Gasteiger charge is 2.38. The van der Waals surface area contributed by atoms with Crippen LogP contribution in [-0.4, -0.2) is 5.91 Å². The zero-order valence-electron chi connectivity index (χ0n) is 7.92. The Kier molecular flexibility index (Phi) is 2.93. The summed E-state index contributed by atoms with van der Waals surface area (Å²) in [6.07, 6.45) is 1.05. The number of carbonyl (C=O) groups is 1. The predicted octanol–water partition coefficient (Wildman–Crippen LogP) is 2.78. The minimum absolute atomic E-state index is 0.206. The van der Waals surface area contributed by atoms with Gasteiger partial charge in [-0.15, -0.1) is 11.3 Å². The number of hydrogen-bond acceptors (Lipinski definition) is 2. The van der Waals surface area contributed by atoms with Gasteiger partial charge in [-0.3, -0.25) is 4.79 Å². The van der Waals surface area contributed by atoms with Crippen LogP contribution in [0.2, 0.25) is 0 Å². The van der Waals surface area contributed by atoms with Gasteiger partial charge in [-0.05, 0) is 39.7 Å². The van der Waals surface area contributed by atoms with E-state index in [1.165, 1.54) is 4.88 Å². The molecule has 1 N–H and O–H groups in total. The highest BCUT2D eigenvalue weighted by molar-refractivity contribution is 9.10. The summed E-state index contributed by atoms with van der Waals surface area (Å²) in [5, 5.41) is 4.98. The van der Waals surface area contributed by atoms with E-state index in [4.69, 9.17) is 0 Å². The molecular formula is C10H12BrNOS. The molecule has 2 rings (SSSR count). The summed E-state index contributed by atoms with van der Waals surface area (Å²) < 4.78 is 1.09. The Balaban J connectivity index is 1.83. The monoisotopic (exact) mass is 273 g/mol. The SMILES string of the molecule is C[C@@H]1C[C@H]1C(=O)NCc1sccc1Br. The van der Waals surface area contributed by atoms with Crippen LogP contribution in [-0.2, 0) is 11.3 Å². The minimum Gasteiger partial charge on any atom is -0.351 e. The highest BCUT2D eigenvalue weighted by atomic mass is 79.9. The van der Waals surface area contributed by atoms with E-state index in [2.05, 4.69) is 28.2 Å². The van der Waals surface area contributed by atoms with Crippen LogP contribution in [0.4, 0.5) is 0 Å². The maximum absolute atomic E-state index is 11.5. The van der Waals surface area contributed by atoms with Crippen LogP contribution < -0.4 is 5.32 Å². The molecule has 1 aromatic heterocycles. The second-order valence-corrected chi connectivity index (χ2v) is 5.58. The summed E-state index contributed by atoms with van der Waals surface area (Å²) in [4.78, 5) is 12.7. The molecular weight excluding hydrogens is 262 g/mol. The average molecular weight is 274 g/mol. The number of rotatable bonds is 3. The van der Waals surface area contributed by atoms with Gasteiger partial charge in [0.15, 0.2) is 0 Å². The maximum atomic E-state index is 11.5. The summed E-state index contributed by atoms with van der Waals surface area (Å²) in [6, 6.07) is 2.01. The molecule has 1 heterocycles. The fourth-order valence-corrected chi connectivity index (χ4v) is 2.87. The lowest BCUT2D eigenvalue weighted by atomic mass is 10.3. The van der Waals surface area contributed by atoms with Gasteiger partial charge in [0.05, 0.1) is 6.54 Å². The summed E-state index contributed by atoms with van der Waals surface area (Å²) >= 11 is 5.10. The first-order valence-corrected chi connectivity index (χ1v) is 6.35. The van der Waals surface area contributed by atoms with Gasteiger partial charge in [0.1, 0.15) is 0 Å². The average Bonchev–Trinajstić information content (AvgIpc) is 2.74. The van der Waals surface area contributed by atoms with Crippen molar-refractivity contribution in [2.75, 3.05) is 0 Å². The lowest BCUT2D eigenvalue weighted by molar-refractivity contribution is -0.122. The van der Waals surface area contributed by atoms with Gasteiger partial charge in [-0.25, -0.2) is 0 Å². The van der Waals surface area contributed by atoms with Gasteiger partial charge in [-0.1, -0.05) is 6.92 Å². The summed E-state index contributed by atoms with van der Waals surface area (Å²) in [5.74, 6) is 1.06. The van der Waals surface area contributed by atoms with Crippen molar-refractivity contribution in [3.8, 4) is 0 Å². The third-order valence-electron chi connectivity index (χ3n) is 2.56. The van der Waals surface area contributed by atoms with Crippen LogP contribution in [0.15, 0.2) is 15.9 Å². The molecule has 1 aromatic rings. The molecule has 0 spiro atoms. The standard InChI is InChI=1S/C10H12BrNOS/c1-6-4-7(6)10(13)12-5-9-8(11)2-3-14-9/h2-3,6-7H,4-5H2,1H3,(H,12,13)/t6-,7-/m1/s1. The number of nitrogens with one attached hydrogen (secondary N) is 1. The number of halogens is 1. The van der Waals surface area contributed by atoms with Crippen molar-refractivity contribution in [3.05, 3.63) is 20.8 Å². The molecule has 1 amide bonds. The third-order valence-corrected chi connectivity index (χ3v) is 4.49. The fourth-order valence-electron chi connectivity index (χ4n) is 1.44. The minimum atomic E-state index is 0.206. The summed E-state index contributed by atoms with van der Waals surface area (Å²) in [5.41, 5.74) is 0. The smallest absolute Gasteiger partial charge is 0.223 e. The van der Waals surface area contributed by atoms with Crippen molar-refractivity contribution >= 4 is 33.2 Å². The van der Waals surface area contributed by atoms with Crippen LogP contribution in [0.1, 0.15) is 18.2 Å². The Morgan fingerprint density at radius 3 is 3.00 bits per heavy atom. The molecule has 14 heavy (non-hydrogen) atoms. The van der Waals surface area contributed by atoms with Crippen LogP contribution in [0, 0.1) is 11.8 Å². The maximum Gasteiger partial charge on any atom is 0.223 e. The van der Waals surface area contributed by atoms with Gasteiger partial charge in [-0.2, -0.15) is 0 Å². The summed E-state index contributed by atoms with van der Waals surface area (Å²) in [6.45, 7) is 2.77. The van der Waals surface area contributed by atoms with E-state index in [-0.39, 0.29) is 11.8 Å². The second kappa shape index (κ2) is 4.03. The normalized spacial score (nSPS) is 24.7. The van der Waals surface area contributed by atoms with E-state index in [1.807, 2.05) is 11.4 Å².